The highest BCUT2D eigenvalue weighted by atomic mass is 79.9. The number of benzene rings is 1. The van der Waals surface area contributed by atoms with Gasteiger partial charge < -0.3 is 15.8 Å². The van der Waals surface area contributed by atoms with Crippen LogP contribution in [-0.2, 0) is 4.74 Å². The molecule has 0 atom stereocenters. The summed E-state index contributed by atoms with van der Waals surface area (Å²) in [5, 5.41) is 2.79. The Balaban J connectivity index is 2.71. The number of amides is 1. The number of methoxy groups -OCH3 is 1. The van der Waals surface area contributed by atoms with Crippen molar-refractivity contribution in [3.05, 3.63) is 28.2 Å². The molecular formula is C12H17BrN2O2. The maximum absolute atomic E-state index is 11.9. The SMILES string of the molecule is COC(C)(C)CNC(=O)c1ccc(Br)cc1N. The topological polar surface area (TPSA) is 64.3 Å². The summed E-state index contributed by atoms with van der Waals surface area (Å²) in [6.07, 6.45) is 0. The Kier molecular flexibility index (Phi) is 4.54. The summed E-state index contributed by atoms with van der Waals surface area (Å²) in [6.45, 7) is 4.23. The van der Waals surface area contributed by atoms with Crippen molar-refractivity contribution in [2.24, 2.45) is 0 Å². The number of nitrogens with two attached hydrogens (primary N) is 1. The summed E-state index contributed by atoms with van der Waals surface area (Å²) >= 11 is 3.30. The number of ether oxygens (including phenoxy) is 1. The molecule has 0 bridgehead atoms. The smallest absolute Gasteiger partial charge is 0.253 e. The van der Waals surface area contributed by atoms with Crippen molar-refractivity contribution in [3.63, 3.8) is 0 Å². The van der Waals surface area contributed by atoms with E-state index in [2.05, 4.69) is 21.2 Å². The van der Waals surface area contributed by atoms with Gasteiger partial charge in [0, 0.05) is 23.8 Å². The lowest BCUT2D eigenvalue weighted by atomic mass is 10.1. The van der Waals surface area contributed by atoms with Crippen molar-refractivity contribution in [1.82, 2.24) is 5.32 Å². The van der Waals surface area contributed by atoms with Crippen LogP contribution in [0.4, 0.5) is 5.69 Å². The van der Waals surface area contributed by atoms with Crippen LogP contribution in [0.3, 0.4) is 0 Å². The number of nitrogen functional groups attached to an aromatic ring is 1. The number of hydrogen-bond donors (Lipinski definition) is 2. The Bertz CT molecular complexity index is 419. The molecule has 0 radical (unpaired) electrons. The zero-order valence-corrected chi connectivity index (χ0v) is 11.8. The van der Waals surface area contributed by atoms with Crippen LogP contribution in [0.5, 0.6) is 0 Å². The van der Waals surface area contributed by atoms with E-state index in [1.807, 2.05) is 13.8 Å². The molecule has 0 spiro atoms. The van der Waals surface area contributed by atoms with E-state index in [-0.39, 0.29) is 11.5 Å². The van der Waals surface area contributed by atoms with Gasteiger partial charge in [-0.05, 0) is 32.0 Å². The van der Waals surface area contributed by atoms with Crippen LogP contribution in [0.1, 0.15) is 24.2 Å². The molecule has 0 aliphatic heterocycles. The van der Waals surface area contributed by atoms with Crippen molar-refractivity contribution >= 4 is 27.5 Å². The molecule has 0 saturated heterocycles. The molecule has 0 aliphatic rings. The summed E-state index contributed by atoms with van der Waals surface area (Å²) < 4.78 is 6.07. The quantitative estimate of drug-likeness (QED) is 0.838. The van der Waals surface area contributed by atoms with Crippen LogP contribution >= 0.6 is 15.9 Å². The van der Waals surface area contributed by atoms with Crippen LogP contribution < -0.4 is 11.1 Å². The second-order valence-electron chi connectivity index (χ2n) is 4.38. The number of carbonyl (C=O) groups excluding carboxylic acids is 1. The van der Waals surface area contributed by atoms with Gasteiger partial charge in [0.2, 0.25) is 0 Å². The molecule has 0 saturated carbocycles. The van der Waals surface area contributed by atoms with Crippen LogP contribution in [0.2, 0.25) is 0 Å². The van der Waals surface area contributed by atoms with E-state index in [1.165, 1.54) is 0 Å². The Hall–Kier alpha value is -1.07. The fraction of sp³-hybridized carbons (Fsp3) is 0.417. The molecule has 1 aromatic carbocycles. The third kappa shape index (κ3) is 4.02. The van der Waals surface area contributed by atoms with Crippen molar-refractivity contribution in [3.8, 4) is 0 Å². The van der Waals surface area contributed by atoms with Crippen molar-refractivity contribution < 1.29 is 9.53 Å². The molecule has 1 amide bonds. The van der Waals surface area contributed by atoms with Gasteiger partial charge in [0.1, 0.15) is 0 Å². The second-order valence-corrected chi connectivity index (χ2v) is 5.29. The molecule has 3 N–H and O–H groups in total. The summed E-state index contributed by atoms with van der Waals surface area (Å²) in [5.74, 6) is -0.194. The predicted octanol–water partition coefficient (Wildman–Crippen LogP) is 2.19. The molecule has 0 heterocycles. The van der Waals surface area contributed by atoms with Gasteiger partial charge in [-0.3, -0.25) is 4.79 Å². The number of rotatable bonds is 4. The number of halogens is 1. The highest BCUT2D eigenvalue weighted by Gasteiger charge is 2.18. The molecule has 4 nitrogen and oxygen atoms in total. The molecule has 0 aromatic heterocycles. The first-order valence-electron chi connectivity index (χ1n) is 5.24. The van der Waals surface area contributed by atoms with Crippen molar-refractivity contribution in [2.75, 3.05) is 19.4 Å². The fourth-order valence-electron chi connectivity index (χ4n) is 1.20. The lowest BCUT2D eigenvalue weighted by molar-refractivity contribution is 0.0229. The Morgan fingerprint density at radius 1 is 1.53 bits per heavy atom. The highest BCUT2D eigenvalue weighted by Crippen LogP contribution is 2.18. The van der Waals surface area contributed by atoms with E-state index in [1.54, 1.807) is 25.3 Å². The zero-order valence-electron chi connectivity index (χ0n) is 10.2. The summed E-state index contributed by atoms with van der Waals surface area (Å²) in [6, 6.07) is 5.18. The van der Waals surface area contributed by atoms with Gasteiger partial charge in [0.25, 0.3) is 5.91 Å². The first-order valence-corrected chi connectivity index (χ1v) is 6.03. The van der Waals surface area contributed by atoms with Crippen LogP contribution in [0.15, 0.2) is 22.7 Å². The van der Waals surface area contributed by atoms with Gasteiger partial charge in [0.05, 0.1) is 11.2 Å². The standard InChI is InChI=1S/C12H17BrN2O2/c1-12(2,17-3)7-15-11(16)9-5-4-8(13)6-10(9)14/h4-6H,7,14H2,1-3H3,(H,15,16). The van der Waals surface area contributed by atoms with E-state index < -0.39 is 0 Å². The van der Waals surface area contributed by atoms with E-state index in [9.17, 15) is 4.79 Å². The average Bonchev–Trinajstić information content (AvgIpc) is 2.26. The number of nitrogens with one attached hydrogen (secondary N) is 1. The molecular weight excluding hydrogens is 284 g/mol. The molecule has 0 fully saturated rings. The lowest BCUT2D eigenvalue weighted by Gasteiger charge is -2.23. The first-order chi connectivity index (χ1) is 7.85. The normalized spacial score (nSPS) is 11.3. The van der Waals surface area contributed by atoms with Gasteiger partial charge in [0.15, 0.2) is 0 Å². The monoisotopic (exact) mass is 300 g/mol. The molecule has 94 valence electrons. The highest BCUT2D eigenvalue weighted by molar-refractivity contribution is 9.10. The fourth-order valence-corrected chi connectivity index (χ4v) is 1.58. The van der Waals surface area contributed by atoms with Gasteiger partial charge in [-0.2, -0.15) is 0 Å². The molecule has 0 aliphatic carbocycles. The van der Waals surface area contributed by atoms with Crippen LogP contribution in [0, 0.1) is 0 Å². The van der Waals surface area contributed by atoms with E-state index in [4.69, 9.17) is 10.5 Å². The maximum atomic E-state index is 11.9. The second kappa shape index (κ2) is 5.51. The lowest BCUT2D eigenvalue weighted by Crippen LogP contribution is -2.39. The number of anilines is 1. The zero-order chi connectivity index (χ0) is 13.1. The largest absolute Gasteiger partial charge is 0.398 e. The summed E-state index contributed by atoms with van der Waals surface area (Å²) in [5.41, 5.74) is 6.31. The molecule has 17 heavy (non-hydrogen) atoms. The Morgan fingerprint density at radius 3 is 2.71 bits per heavy atom. The number of hydrogen-bond acceptors (Lipinski definition) is 3. The van der Waals surface area contributed by atoms with Gasteiger partial charge in [-0.25, -0.2) is 0 Å². The molecule has 0 unspecified atom stereocenters. The van der Waals surface area contributed by atoms with E-state index in [0.717, 1.165) is 4.47 Å². The van der Waals surface area contributed by atoms with E-state index >= 15 is 0 Å². The van der Waals surface area contributed by atoms with Crippen molar-refractivity contribution in [2.45, 2.75) is 19.4 Å². The third-order valence-electron chi connectivity index (χ3n) is 2.49. The minimum atomic E-state index is -0.389. The van der Waals surface area contributed by atoms with Crippen LogP contribution in [0.25, 0.3) is 0 Å². The summed E-state index contributed by atoms with van der Waals surface area (Å²) in [7, 11) is 1.61. The maximum Gasteiger partial charge on any atom is 0.253 e. The third-order valence-corrected chi connectivity index (χ3v) is 2.98. The van der Waals surface area contributed by atoms with E-state index in [0.29, 0.717) is 17.8 Å². The van der Waals surface area contributed by atoms with Gasteiger partial charge in [-0.1, -0.05) is 15.9 Å². The van der Waals surface area contributed by atoms with Gasteiger partial charge in [-0.15, -0.1) is 0 Å². The minimum absolute atomic E-state index is 0.194. The van der Waals surface area contributed by atoms with Crippen LogP contribution in [-0.4, -0.2) is 25.2 Å². The Labute approximate surface area is 110 Å². The number of carbonyl (C=O) groups is 1. The molecule has 1 aromatic rings. The van der Waals surface area contributed by atoms with Gasteiger partial charge >= 0.3 is 0 Å². The van der Waals surface area contributed by atoms with Crippen molar-refractivity contribution in [1.29, 1.82) is 0 Å². The average molecular weight is 301 g/mol. The predicted molar refractivity (Wildman–Crippen MR) is 72.0 cm³/mol. The summed E-state index contributed by atoms with van der Waals surface area (Å²) in [4.78, 5) is 11.9. The Morgan fingerprint density at radius 2 is 2.18 bits per heavy atom. The molecule has 5 heteroatoms. The first kappa shape index (κ1) is 14.0. The molecule has 1 rings (SSSR count). The minimum Gasteiger partial charge on any atom is -0.398 e.